The maximum atomic E-state index is 11.8. The van der Waals surface area contributed by atoms with Crippen molar-refractivity contribution in [2.45, 2.75) is 19.8 Å². The predicted molar refractivity (Wildman–Crippen MR) is 69.2 cm³/mol. The SMILES string of the molecule is CC(CN(C)C(=O)CCc1ccccc1)C(=O)O. The van der Waals surface area contributed by atoms with Gasteiger partial charge in [-0.05, 0) is 12.0 Å². The van der Waals surface area contributed by atoms with Crippen LogP contribution in [-0.2, 0) is 16.0 Å². The molecule has 0 fully saturated rings. The molecule has 0 aromatic heterocycles. The van der Waals surface area contributed by atoms with E-state index < -0.39 is 11.9 Å². The van der Waals surface area contributed by atoms with Crippen molar-refractivity contribution in [3.63, 3.8) is 0 Å². The zero-order valence-electron chi connectivity index (χ0n) is 10.8. The number of carboxylic acid groups (broad SMARTS) is 1. The van der Waals surface area contributed by atoms with E-state index in [-0.39, 0.29) is 12.5 Å². The number of nitrogens with zero attached hydrogens (tertiary/aromatic N) is 1. The van der Waals surface area contributed by atoms with Crippen LogP contribution in [0.4, 0.5) is 0 Å². The Morgan fingerprint density at radius 3 is 2.44 bits per heavy atom. The van der Waals surface area contributed by atoms with Crippen LogP contribution in [0.1, 0.15) is 18.9 Å². The standard InChI is InChI=1S/C14H19NO3/c1-11(14(17)18)10-15(2)13(16)9-8-12-6-4-3-5-7-12/h3-7,11H,8-10H2,1-2H3,(H,17,18). The number of carbonyl (C=O) groups is 2. The zero-order chi connectivity index (χ0) is 13.5. The second kappa shape index (κ2) is 6.79. The molecule has 0 aliphatic heterocycles. The van der Waals surface area contributed by atoms with Gasteiger partial charge in [0.1, 0.15) is 0 Å². The van der Waals surface area contributed by atoms with Gasteiger partial charge in [-0.2, -0.15) is 0 Å². The molecular formula is C14H19NO3. The Morgan fingerprint density at radius 1 is 1.28 bits per heavy atom. The lowest BCUT2D eigenvalue weighted by atomic mass is 10.1. The molecule has 0 aliphatic carbocycles. The van der Waals surface area contributed by atoms with Crippen molar-refractivity contribution in [3.05, 3.63) is 35.9 Å². The molecule has 1 aromatic carbocycles. The van der Waals surface area contributed by atoms with Crippen molar-refractivity contribution in [1.82, 2.24) is 4.90 Å². The normalized spacial score (nSPS) is 11.9. The molecule has 98 valence electrons. The van der Waals surface area contributed by atoms with Crippen molar-refractivity contribution < 1.29 is 14.7 Å². The highest BCUT2D eigenvalue weighted by atomic mass is 16.4. The summed E-state index contributed by atoms with van der Waals surface area (Å²) in [6.07, 6.45) is 1.10. The van der Waals surface area contributed by atoms with E-state index in [9.17, 15) is 9.59 Å². The highest BCUT2D eigenvalue weighted by molar-refractivity contribution is 5.77. The van der Waals surface area contributed by atoms with Gasteiger partial charge in [0.25, 0.3) is 0 Å². The zero-order valence-corrected chi connectivity index (χ0v) is 10.8. The Bertz CT molecular complexity index is 403. The van der Waals surface area contributed by atoms with Crippen molar-refractivity contribution in [2.75, 3.05) is 13.6 Å². The quantitative estimate of drug-likeness (QED) is 0.836. The Labute approximate surface area is 107 Å². The van der Waals surface area contributed by atoms with Gasteiger partial charge in [0, 0.05) is 20.0 Å². The molecule has 0 radical (unpaired) electrons. The molecule has 0 aliphatic rings. The summed E-state index contributed by atoms with van der Waals surface area (Å²) >= 11 is 0. The summed E-state index contributed by atoms with van der Waals surface area (Å²) in [6, 6.07) is 9.78. The van der Waals surface area contributed by atoms with Crippen LogP contribution in [0.5, 0.6) is 0 Å². The van der Waals surface area contributed by atoms with E-state index in [1.807, 2.05) is 30.3 Å². The molecule has 1 unspecified atom stereocenters. The predicted octanol–water partition coefficient (Wildman–Crippen LogP) is 1.80. The van der Waals surface area contributed by atoms with Gasteiger partial charge in [-0.15, -0.1) is 0 Å². The fraction of sp³-hybridized carbons (Fsp3) is 0.429. The Hall–Kier alpha value is -1.84. The third-order valence-corrected chi connectivity index (χ3v) is 2.87. The van der Waals surface area contributed by atoms with Crippen LogP contribution in [0, 0.1) is 5.92 Å². The highest BCUT2D eigenvalue weighted by Crippen LogP contribution is 2.05. The van der Waals surface area contributed by atoms with Crippen LogP contribution < -0.4 is 0 Å². The minimum atomic E-state index is -0.877. The highest BCUT2D eigenvalue weighted by Gasteiger charge is 2.16. The number of carbonyl (C=O) groups excluding carboxylic acids is 1. The molecular weight excluding hydrogens is 230 g/mol. The average molecular weight is 249 g/mol. The first-order valence-corrected chi connectivity index (χ1v) is 6.01. The first-order chi connectivity index (χ1) is 8.50. The lowest BCUT2D eigenvalue weighted by Gasteiger charge is -2.19. The minimum absolute atomic E-state index is 0.0213. The smallest absolute Gasteiger partial charge is 0.308 e. The van der Waals surface area contributed by atoms with E-state index in [2.05, 4.69) is 0 Å². The number of hydrogen-bond donors (Lipinski definition) is 1. The van der Waals surface area contributed by atoms with Gasteiger partial charge in [0.15, 0.2) is 0 Å². The van der Waals surface area contributed by atoms with Crippen LogP contribution in [-0.4, -0.2) is 35.5 Å². The molecule has 18 heavy (non-hydrogen) atoms. The number of amides is 1. The van der Waals surface area contributed by atoms with Crippen molar-refractivity contribution in [1.29, 1.82) is 0 Å². The first-order valence-electron chi connectivity index (χ1n) is 6.01. The molecule has 1 atom stereocenters. The van der Waals surface area contributed by atoms with Gasteiger partial charge in [-0.25, -0.2) is 0 Å². The lowest BCUT2D eigenvalue weighted by Crippen LogP contribution is -2.33. The maximum Gasteiger partial charge on any atom is 0.308 e. The maximum absolute atomic E-state index is 11.8. The van der Waals surface area contributed by atoms with Crippen LogP contribution >= 0.6 is 0 Å². The Kier molecular flexibility index (Phi) is 5.36. The molecule has 0 saturated carbocycles. The topological polar surface area (TPSA) is 57.6 Å². The summed E-state index contributed by atoms with van der Waals surface area (Å²) < 4.78 is 0. The van der Waals surface area contributed by atoms with E-state index >= 15 is 0 Å². The third-order valence-electron chi connectivity index (χ3n) is 2.87. The first kappa shape index (κ1) is 14.2. The van der Waals surface area contributed by atoms with Crippen LogP contribution in [0.2, 0.25) is 0 Å². The minimum Gasteiger partial charge on any atom is -0.481 e. The van der Waals surface area contributed by atoms with E-state index in [1.54, 1.807) is 14.0 Å². The summed E-state index contributed by atoms with van der Waals surface area (Å²) in [7, 11) is 1.65. The van der Waals surface area contributed by atoms with E-state index in [1.165, 1.54) is 4.90 Å². The van der Waals surface area contributed by atoms with Crippen molar-refractivity contribution >= 4 is 11.9 Å². The second-order valence-corrected chi connectivity index (χ2v) is 4.50. The number of hydrogen-bond acceptors (Lipinski definition) is 2. The van der Waals surface area contributed by atoms with Gasteiger partial charge >= 0.3 is 5.97 Å². The van der Waals surface area contributed by atoms with E-state index in [0.29, 0.717) is 12.8 Å². The Balaban J connectivity index is 2.39. The van der Waals surface area contributed by atoms with Gasteiger partial charge < -0.3 is 10.0 Å². The van der Waals surface area contributed by atoms with Gasteiger partial charge in [-0.1, -0.05) is 37.3 Å². The van der Waals surface area contributed by atoms with Gasteiger partial charge in [-0.3, -0.25) is 9.59 Å². The van der Waals surface area contributed by atoms with Crippen LogP contribution in [0.15, 0.2) is 30.3 Å². The largest absolute Gasteiger partial charge is 0.481 e. The number of rotatable bonds is 6. The third kappa shape index (κ3) is 4.57. The number of aliphatic carboxylic acids is 1. The van der Waals surface area contributed by atoms with Gasteiger partial charge in [0.2, 0.25) is 5.91 Å². The second-order valence-electron chi connectivity index (χ2n) is 4.50. The molecule has 0 heterocycles. The fourth-order valence-corrected chi connectivity index (χ4v) is 1.68. The number of benzene rings is 1. The van der Waals surface area contributed by atoms with E-state index in [4.69, 9.17) is 5.11 Å². The molecule has 0 spiro atoms. The summed E-state index contributed by atoms with van der Waals surface area (Å²) in [5.74, 6) is -1.43. The fourth-order valence-electron chi connectivity index (χ4n) is 1.68. The summed E-state index contributed by atoms with van der Waals surface area (Å²) in [5, 5.41) is 8.78. The summed E-state index contributed by atoms with van der Waals surface area (Å²) in [5.41, 5.74) is 1.12. The van der Waals surface area contributed by atoms with Crippen LogP contribution in [0.3, 0.4) is 0 Å². The van der Waals surface area contributed by atoms with Crippen molar-refractivity contribution in [2.24, 2.45) is 5.92 Å². The molecule has 1 N–H and O–H groups in total. The van der Waals surface area contributed by atoms with Gasteiger partial charge in [0.05, 0.1) is 5.92 Å². The summed E-state index contributed by atoms with van der Waals surface area (Å²) in [4.78, 5) is 24.0. The van der Waals surface area contributed by atoms with Crippen LogP contribution in [0.25, 0.3) is 0 Å². The molecule has 4 heteroatoms. The molecule has 0 saturated heterocycles. The Morgan fingerprint density at radius 2 is 1.89 bits per heavy atom. The summed E-state index contributed by atoms with van der Waals surface area (Å²) in [6.45, 7) is 1.85. The van der Waals surface area contributed by atoms with Crippen molar-refractivity contribution in [3.8, 4) is 0 Å². The molecule has 1 aromatic rings. The molecule has 1 amide bonds. The van der Waals surface area contributed by atoms with E-state index in [0.717, 1.165) is 5.56 Å². The molecule has 1 rings (SSSR count). The number of carboxylic acids is 1. The lowest BCUT2D eigenvalue weighted by molar-refractivity contribution is -0.142. The molecule has 4 nitrogen and oxygen atoms in total. The molecule has 0 bridgehead atoms. The monoisotopic (exact) mass is 249 g/mol. The average Bonchev–Trinajstić information content (AvgIpc) is 2.36. The number of aryl methyl sites for hydroxylation is 1.